The molecule has 35 heavy (non-hydrogen) atoms. The molecule has 0 bridgehead atoms. The van der Waals surface area contributed by atoms with Gasteiger partial charge in [0.15, 0.2) is 6.61 Å². The van der Waals surface area contributed by atoms with E-state index in [-0.39, 0.29) is 12.5 Å². The van der Waals surface area contributed by atoms with E-state index in [9.17, 15) is 9.59 Å². The monoisotopic (exact) mass is 467 g/mol. The van der Waals surface area contributed by atoms with Gasteiger partial charge in [0.05, 0.1) is 18.5 Å². The maximum atomic E-state index is 12.4. The van der Waals surface area contributed by atoms with Gasteiger partial charge in [0.25, 0.3) is 5.91 Å². The van der Waals surface area contributed by atoms with Crippen LogP contribution in [0.2, 0.25) is 0 Å². The van der Waals surface area contributed by atoms with Gasteiger partial charge in [-0.15, -0.1) is 0 Å². The third-order valence-electron chi connectivity index (χ3n) is 5.38. The molecule has 0 fully saturated rings. The molecule has 0 aliphatic carbocycles. The van der Waals surface area contributed by atoms with Crippen LogP contribution in [0.25, 0.3) is 23.0 Å². The summed E-state index contributed by atoms with van der Waals surface area (Å²) in [5.41, 5.74) is 3.90. The molecule has 3 aromatic carbocycles. The molecule has 0 saturated heterocycles. The van der Waals surface area contributed by atoms with Crippen LogP contribution in [0.4, 0.5) is 5.69 Å². The molecule has 0 unspecified atom stereocenters. The standard InChI is InChI=1S/C28H25N3O4/c1-30(23-9-5-3-6-10-23)26(32)20-35-27(33)18-15-22-19-31(24-11-7-4-8-12-24)29-28(22)21-13-16-25(34-2)17-14-21/h3-19H,20H2,1-2H3/b18-15+. The van der Waals surface area contributed by atoms with Gasteiger partial charge < -0.3 is 14.4 Å². The fourth-order valence-corrected chi connectivity index (χ4v) is 3.43. The minimum Gasteiger partial charge on any atom is -0.497 e. The molecule has 1 heterocycles. The Kier molecular flexibility index (Phi) is 7.37. The van der Waals surface area contributed by atoms with Gasteiger partial charge in [0, 0.05) is 36.1 Å². The number of amides is 1. The molecule has 0 radical (unpaired) electrons. The van der Waals surface area contributed by atoms with Crippen molar-refractivity contribution in [3.8, 4) is 22.7 Å². The minimum atomic E-state index is -0.618. The number of carbonyl (C=O) groups excluding carboxylic acids is 2. The third-order valence-corrected chi connectivity index (χ3v) is 5.38. The van der Waals surface area contributed by atoms with Gasteiger partial charge in [-0.05, 0) is 54.6 Å². The fraction of sp³-hybridized carbons (Fsp3) is 0.107. The van der Waals surface area contributed by atoms with Crippen LogP contribution >= 0.6 is 0 Å². The van der Waals surface area contributed by atoms with E-state index in [1.54, 1.807) is 24.9 Å². The van der Waals surface area contributed by atoms with Crippen LogP contribution in [0, 0.1) is 0 Å². The Morgan fingerprint density at radius 3 is 2.26 bits per heavy atom. The largest absolute Gasteiger partial charge is 0.497 e. The number of benzene rings is 3. The van der Waals surface area contributed by atoms with E-state index in [2.05, 4.69) is 0 Å². The molecule has 176 valence electrons. The van der Waals surface area contributed by atoms with Crippen LogP contribution in [-0.4, -0.2) is 42.4 Å². The lowest BCUT2D eigenvalue weighted by atomic mass is 10.1. The summed E-state index contributed by atoms with van der Waals surface area (Å²) >= 11 is 0. The number of hydrogen-bond acceptors (Lipinski definition) is 5. The van der Waals surface area contributed by atoms with Gasteiger partial charge in [-0.25, -0.2) is 9.48 Å². The molecule has 7 nitrogen and oxygen atoms in total. The minimum absolute atomic E-state index is 0.325. The van der Waals surface area contributed by atoms with E-state index in [1.807, 2.05) is 91.1 Å². The van der Waals surface area contributed by atoms with Crippen molar-refractivity contribution < 1.29 is 19.1 Å². The van der Waals surface area contributed by atoms with E-state index in [0.29, 0.717) is 5.69 Å². The topological polar surface area (TPSA) is 73.7 Å². The summed E-state index contributed by atoms with van der Waals surface area (Å²) in [7, 11) is 3.25. The lowest BCUT2D eigenvalue weighted by Gasteiger charge is -2.16. The molecule has 0 N–H and O–H groups in total. The second-order valence-electron chi connectivity index (χ2n) is 7.67. The molecule has 0 aliphatic heterocycles. The number of nitrogens with zero attached hydrogens (tertiary/aromatic N) is 3. The summed E-state index contributed by atoms with van der Waals surface area (Å²) in [6.45, 7) is -0.358. The van der Waals surface area contributed by atoms with Gasteiger partial charge in [-0.1, -0.05) is 36.4 Å². The van der Waals surface area contributed by atoms with Crippen molar-refractivity contribution in [3.63, 3.8) is 0 Å². The van der Waals surface area contributed by atoms with Crippen LogP contribution in [0.5, 0.6) is 5.75 Å². The van der Waals surface area contributed by atoms with Crippen LogP contribution < -0.4 is 9.64 Å². The number of ether oxygens (including phenoxy) is 2. The first-order chi connectivity index (χ1) is 17.0. The average Bonchev–Trinajstić information content (AvgIpc) is 3.35. The third kappa shape index (κ3) is 5.83. The van der Waals surface area contributed by atoms with E-state index in [4.69, 9.17) is 14.6 Å². The van der Waals surface area contributed by atoms with E-state index in [0.717, 1.165) is 28.3 Å². The van der Waals surface area contributed by atoms with Gasteiger partial charge in [0.1, 0.15) is 5.75 Å². The zero-order chi connectivity index (χ0) is 24.6. The second kappa shape index (κ2) is 11.0. The Morgan fingerprint density at radius 1 is 0.943 bits per heavy atom. The maximum absolute atomic E-state index is 12.4. The Hall–Kier alpha value is -4.65. The number of hydrogen-bond donors (Lipinski definition) is 0. The van der Waals surface area contributed by atoms with E-state index < -0.39 is 5.97 Å². The van der Waals surface area contributed by atoms with Crippen LogP contribution in [0.1, 0.15) is 5.56 Å². The summed E-state index contributed by atoms with van der Waals surface area (Å²) in [5.74, 6) is -0.205. The van der Waals surface area contributed by atoms with Crippen molar-refractivity contribution in [1.82, 2.24) is 9.78 Å². The Morgan fingerprint density at radius 2 is 1.60 bits per heavy atom. The van der Waals surface area contributed by atoms with Crippen molar-refractivity contribution in [2.45, 2.75) is 0 Å². The molecular weight excluding hydrogens is 442 g/mol. The smallest absolute Gasteiger partial charge is 0.331 e. The Balaban J connectivity index is 1.50. The first kappa shape index (κ1) is 23.5. The second-order valence-corrected chi connectivity index (χ2v) is 7.67. The van der Waals surface area contributed by atoms with Crippen molar-refractivity contribution >= 4 is 23.6 Å². The highest BCUT2D eigenvalue weighted by atomic mass is 16.5. The number of carbonyl (C=O) groups is 2. The van der Waals surface area contributed by atoms with Gasteiger partial charge in [0.2, 0.25) is 0 Å². The summed E-state index contributed by atoms with van der Waals surface area (Å²) in [4.78, 5) is 26.2. The summed E-state index contributed by atoms with van der Waals surface area (Å²) in [6.07, 6.45) is 4.78. The highest BCUT2D eigenvalue weighted by Gasteiger charge is 2.14. The lowest BCUT2D eigenvalue weighted by Crippen LogP contribution is -2.30. The predicted octanol–water partition coefficient (Wildman–Crippen LogP) is 4.77. The lowest BCUT2D eigenvalue weighted by molar-refractivity contribution is -0.142. The number of para-hydroxylation sites is 2. The Bertz CT molecular complexity index is 1310. The zero-order valence-corrected chi connectivity index (χ0v) is 19.5. The quantitative estimate of drug-likeness (QED) is 0.276. The van der Waals surface area contributed by atoms with Gasteiger partial charge >= 0.3 is 5.97 Å². The average molecular weight is 468 g/mol. The SMILES string of the molecule is COc1ccc(-c2nn(-c3ccccc3)cc2/C=C/C(=O)OCC(=O)N(C)c2ccccc2)cc1. The van der Waals surface area contributed by atoms with Crippen molar-refractivity contribution in [2.24, 2.45) is 0 Å². The first-order valence-corrected chi connectivity index (χ1v) is 11.0. The predicted molar refractivity (Wildman–Crippen MR) is 135 cm³/mol. The summed E-state index contributed by atoms with van der Waals surface area (Å²) < 4.78 is 12.2. The van der Waals surface area contributed by atoms with Gasteiger partial charge in [-0.2, -0.15) is 5.10 Å². The number of methoxy groups -OCH3 is 1. The van der Waals surface area contributed by atoms with Gasteiger partial charge in [-0.3, -0.25) is 4.79 Å². The molecule has 0 atom stereocenters. The van der Waals surface area contributed by atoms with Crippen LogP contribution in [0.3, 0.4) is 0 Å². The molecule has 0 spiro atoms. The van der Waals surface area contributed by atoms with Crippen LogP contribution in [-0.2, 0) is 14.3 Å². The molecule has 4 aromatic rings. The van der Waals surface area contributed by atoms with E-state index >= 15 is 0 Å². The number of rotatable bonds is 8. The van der Waals surface area contributed by atoms with Crippen molar-refractivity contribution in [1.29, 1.82) is 0 Å². The maximum Gasteiger partial charge on any atom is 0.331 e. The highest BCUT2D eigenvalue weighted by molar-refractivity contribution is 5.96. The molecule has 7 heteroatoms. The Labute approximate surface area is 203 Å². The fourth-order valence-electron chi connectivity index (χ4n) is 3.43. The summed E-state index contributed by atoms with van der Waals surface area (Å²) in [6, 6.07) is 26.4. The number of likely N-dealkylation sites (N-methyl/N-ethyl adjacent to an activating group) is 1. The normalized spacial score (nSPS) is 10.8. The van der Waals surface area contributed by atoms with Crippen molar-refractivity contribution in [3.05, 3.63) is 103 Å². The molecular formula is C28H25N3O4. The number of esters is 1. The molecule has 0 saturated carbocycles. The number of aromatic nitrogens is 2. The van der Waals surface area contributed by atoms with Crippen molar-refractivity contribution in [2.75, 3.05) is 25.7 Å². The molecule has 4 rings (SSSR count). The summed E-state index contributed by atoms with van der Waals surface area (Å²) in [5, 5.41) is 4.73. The number of anilines is 1. The zero-order valence-electron chi connectivity index (χ0n) is 19.5. The van der Waals surface area contributed by atoms with E-state index in [1.165, 1.54) is 11.0 Å². The molecule has 1 amide bonds. The van der Waals surface area contributed by atoms with Crippen LogP contribution in [0.15, 0.2) is 97.2 Å². The highest BCUT2D eigenvalue weighted by Crippen LogP contribution is 2.26. The molecule has 1 aromatic heterocycles. The molecule has 0 aliphatic rings. The first-order valence-electron chi connectivity index (χ1n) is 11.0.